The maximum Gasteiger partial charge on any atom is 0.573 e. The Hall–Kier alpha value is -2.55. The number of carbonyl (C=O) groups is 2. The summed E-state index contributed by atoms with van der Waals surface area (Å²) in [6.07, 6.45) is -6.17. The minimum atomic E-state index is -4.88. The minimum Gasteiger partial charge on any atom is -0.459 e. The Labute approximate surface area is 135 Å². The van der Waals surface area contributed by atoms with Crippen LogP contribution in [0.5, 0.6) is 5.75 Å². The first kappa shape index (κ1) is 19.5. The van der Waals surface area contributed by atoms with Gasteiger partial charge in [-0.25, -0.2) is 9.59 Å². The van der Waals surface area contributed by atoms with Crippen LogP contribution < -0.4 is 4.74 Å². The number of carbonyl (C=O) groups excluding carboxylic acids is 2. The van der Waals surface area contributed by atoms with Crippen molar-refractivity contribution in [1.29, 1.82) is 0 Å². The molecule has 0 spiro atoms. The molecule has 9 heteroatoms. The van der Waals surface area contributed by atoms with Gasteiger partial charge in [-0.05, 0) is 25.1 Å². The number of esters is 2. The first-order valence-electron chi connectivity index (χ1n) is 6.62. The molecule has 1 N–H and O–H groups in total. The first-order valence-corrected chi connectivity index (χ1v) is 6.62. The number of halogens is 3. The molecular formula is C15H15F3O6. The fourth-order valence-electron chi connectivity index (χ4n) is 1.42. The summed E-state index contributed by atoms with van der Waals surface area (Å²) >= 11 is 0. The van der Waals surface area contributed by atoms with E-state index in [0.717, 1.165) is 12.1 Å². The molecule has 24 heavy (non-hydrogen) atoms. The van der Waals surface area contributed by atoms with Gasteiger partial charge in [0.05, 0.1) is 5.56 Å². The van der Waals surface area contributed by atoms with Crippen molar-refractivity contribution in [1.82, 2.24) is 0 Å². The van der Waals surface area contributed by atoms with Crippen LogP contribution in [0.25, 0.3) is 0 Å². The van der Waals surface area contributed by atoms with E-state index in [1.165, 1.54) is 19.1 Å². The van der Waals surface area contributed by atoms with Gasteiger partial charge in [0.1, 0.15) is 25.1 Å². The number of benzene rings is 1. The van der Waals surface area contributed by atoms with Gasteiger partial charge >= 0.3 is 18.3 Å². The predicted octanol–water partition coefficient (Wildman–Crippen LogP) is 2.22. The van der Waals surface area contributed by atoms with Crippen molar-refractivity contribution < 1.29 is 42.1 Å². The highest BCUT2D eigenvalue weighted by atomic mass is 19.4. The summed E-state index contributed by atoms with van der Waals surface area (Å²) in [4.78, 5) is 22.8. The Bertz CT molecular complexity index is 611. The molecule has 0 aliphatic rings. The fraction of sp³-hybridized carbons (Fsp3) is 0.333. The van der Waals surface area contributed by atoms with Gasteiger partial charge in [-0.1, -0.05) is 12.6 Å². The molecule has 1 aromatic rings. The first-order chi connectivity index (χ1) is 11.1. The van der Waals surface area contributed by atoms with Crippen LogP contribution in [0.2, 0.25) is 0 Å². The standard InChI is InChI=1S/C15H15F3O6/c1-9(2)13(20)22-7-11(19)8-23-14(21)10-4-3-5-12(6-10)24-15(16,17)18/h3-6,11,19H,1,7-8H2,2H3. The van der Waals surface area contributed by atoms with E-state index in [2.05, 4.69) is 16.1 Å². The number of aliphatic hydroxyl groups excluding tert-OH is 1. The number of rotatable bonds is 7. The van der Waals surface area contributed by atoms with Gasteiger partial charge in [0.2, 0.25) is 0 Å². The van der Waals surface area contributed by atoms with E-state index in [9.17, 15) is 27.9 Å². The summed E-state index contributed by atoms with van der Waals surface area (Å²) in [5.74, 6) is -2.25. The Balaban J connectivity index is 2.52. The van der Waals surface area contributed by atoms with E-state index < -0.39 is 43.4 Å². The summed E-state index contributed by atoms with van der Waals surface area (Å²) < 4.78 is 49.4. The summed E-state index contributed by atoms with van der Waals surface area (Å²) in [5, 5.41) is 9.53. The van der Waals surface area contributed by atoms with Gasteiger partial charge in [0.25, 0.3) is 0 Å². The molecule has 0 fully saturated rings. The molecule has 1 aromatic carbocycles. The fourth-order valence-corrected chi connectivity index (χ4v) is 1.42. The van der Waals surface area contributed by atoms with Crippen molar-refractivity contribution in [3.8, 4) is 5.75 Å². The molecule has 1 unspecified atom stereocenters. The molecule has 0 aliphatic heterocycles. The largest absolute Gasteiger partial charge is 0.573 e. The number of aliphatic hydroxyl groups is 1. The van der Waals surface area contributed by atoms with Gasteiger partial charge in [-0.15, -0.1) is 13.2 Å². The number of hydrogen-bond acceptors (Lipinski definition) is 6. The third kappa shape index (κ3) is 7.14. The summed E-state index contributed by atoms with van der Waals surface area (Å²) in [6, 6.07) is 4.28. The zero-order valence-electron chi connectivity index (χ0n) is 12.6. The van der Waals surface area contributed by atoms with Crippen LogP contribution in [-0.4, -0.2) is 42.7 Å². The highest BCUT2D eigenvalue weighted by Crippen LogP contribution is 2.23. The lowest BCUT2D eigenvalue weighted by Gasteiger charge is -2.13. The Kier molecular flexibility index (Phi) is 6.78. The van der Waals surface area contributed by atoms with E-state index in [1.807, 2.05) is 0 Å². The van der Waals surface area contributed by atoms with Crippen LogP contribution in [-0.2, 0) is 14.3 Å². The molecule has 1 atom stereocenters. The van der Waals surface area contributed by atoms with Crippen LogP contribution in [0, 0.1) is 0 Å². The van der Waals surface area contributed by atoms with Crippen LogP contribution in [0.15, 0.2) is 36.4 Å². The molecule has 0 saturated carbocycles. The molecule has 6 nitrogen and oxygen atoms in total. The highest BCUT2D eigenvalue weighted by molar-refractivity contribution is 5.89. The van der Waals surface area contributed by atoms with Crippen molar-refractivity contribution in [3.63, 3.8) is 0 Å². The quantitative estimate of drug-likeness (QED) is 0.601. The predicted molar refractivity (Wildman–Crippen MR) is 75.2 cm³/mol. The highest BCUT2D eigenvalue weighted by Gasteiger charge is 2.31. The maximum atomic E-state index is 12.1. The van der Waals surface area contributed by atoms with Crippen molar-refractivity contribution in [2.75, 3.05) is 13.2 Å². The molecule has 0 radical (unpaired) electrons. The average Bonchev–Trinajstić information content (AvgIpc) is 2.48. The molecule has 0 bridgehead atoms. The molecule has 0 aliphatic carbocycles. The lowest BCUT2D eigenvalue weighted by molar-refractivity contribution is -0.274. The molecule has 0 aromatic heterocycles. The molecular weight excluding hydrogens is 333 g/mol. The number of hydrogen-bond donors (Lipinski definition) is 1. The second-order valence-electron chi connectivity index (χ2n) is 4.71. The summed E-state index contributed by atoms with van der Waals surface area (Å²) in [7, 11) is 0. The Morgan fingerprint density at radius 3 is 2.46 bits per heavy atom. The summed E-state index contributed by atoms with van der Waals surface area (Å²) in [6.45, 7) is 3.84. The SMILES string of the molecule is C=C(C)C(=O)OCC(O)COC(=O)c1cccc(OC(F)(F)F)c1. The minimum absolute atomic E-state index is 0.140. The third-order valence-corrected chi connectivity index (χ3v) is 2.47. The van der Waals surface area contributed by atoms with E-state index in [1.54, 1.807) is 0 Å². The zero-order valence-corrected chi connectivity index (χ0v) is 12.6. The average molecular weight is 348 g/mol. The van der Waals surface area contributed by atoms with Crippen LogP contribution >= 0.6 is 0 Å². The van der Waals surface area contributed by atoms with Gasteiger partial charge < -0.3 is 19.3 Å². The topological polar surface area (TPSA) is 82.1 Å². The summed E-state index contributed by atoms with van der Waals surface area (Å²) in [5.41, 5.74) is -0.0523. The smallest absolute Gasteiger partial charge is 0.459 e. The molecule has 0 amide bonds. The van der Waals surface area contributed by atoms with Crippen molar-refractivity contribution in [2.45, 2.75) is 19.4 Å². The third-order valence-electron chi connectivity index (χ3n) is 2.47. The van der Waals surface area contributed by atoms with E-state index in [-0.39, 0.29) is 11.1 Å². The molecule has 132 valence electrons. The Morgan fingerprint density at radius 2 is 1.88 bits per heavy atom. The van der Waals surface area contributed by atoms with Crippen molar-refractivity contribution in [2.24, 2.45) is 0 Å². The van der Waals surface area contributed by atoms with E-state index >= 15 is 0 Å². The monoisotopic (exact) mass is 348 g/mol. The molecule has 0 heterocycles. The molecule has 0 saturated heterocycles. The van der Waals surface area contributed by atoms with Crippen molar-refractivity contribution in [3.05, 3.63) is 42.0 Å². The van der Waals surface area contributed by atoms with Gasteiger partial charge in [-0.2, -0.15) is 0 Å². The van der Waals surface area contributed by atoms with Crippen molar-refractivity contribution >= 4 is 11.9 Å². The van der Waals surface area contributed by atoms with Crippen LogP contribution in [0.4, 0.5) is 13.2 Å². The van der Waals surface area contributed by atoms with E-state index in [0.29, 0.717) is 0 Å². The number of ether oxygens (including phenoxy) is 3. The van der Waals surface area contributed by atoms with Gasteiger partial charge in [0.15, 0.2) is 0 Å². The van der Waals surface area contributed by atoms with Crippen LogP contribution in [0.1, 0.15) is 17.3 Å². The lowest BCUT2D eigenvalue weighted by Crippen LogP contribution is -2.25. The van der Waals surface area contributed by atoms with Gasteiger partial charge in [0, 0.05) is 5.57 Å². The normalized spacial score (nSPS) is 12.2. The second-order valence-corrected chi connectivity index (χ2v) is 4.71. The second kappa shape index (κ2) is 8.34. The Morgan fingerprint density at radius 1 is 1.25 bits per heavy atom. The maximum absolute atomic E-state index is 12.1. The lowest BCUT2D eigenvalue weighted by atomic mass is 10.2. The van der Waals surface area contributed by atoms with Crippen LogP contribution in [0.3, 0.4) is 0 Å². The van der Waals surface area contributed by atoms with Gasteiger partial charge in [-0.3, -0.25) is 0 Å². The van der Waals surface area contributed by atoms with E-state index in [4.69, 9.17) is 4.74 Å². The number of alkyl halides is 3. The zero-order chi connectivity index (χ0) is 18.3. The molecule has 1 rings (SSSR count).